The second kappa shape index (κ2) is 10.3. The number of benzene rings is 1. The summed E-state index contributed by atoms with van der Waals surface area (Å²) in [6.07, 6.45) is 6.48. The third-order valence-electron chi connectivity index (χ3n) is 7.51. The molecule has 1 saturated heterocycles. The van der Waals surface area contributed by atoms with Crippen LogP contribution in [0.2, 0.25) is 0 Å². The molecule has 3 unspecified atom stereocenters. The minimum Gasteiger partial charge on any atom is -0.421 e. The van der Waals surface area contributed by atoms with Crippen LogP contribution in [0.15, 0.2) is 40.3 Å². The first-order valence-electron chi connectivity index (χ1n) is 12.0. The Kier molecular flexibility index (Phi) is 7.41. The molecule has 0 spiro atoms. The van der Waals surface area contributed by atoms with Crippen molar-refractivity contribution in [1.82, 2.24) is 15.1 Å². The van der Waals surface area contributed by atoms with Crippen molar-refractivity contribution in [1.29, 1.82) is 0 Å². The van der Waals surface area contributed by atoms with E-state index in [0.717, 1.165) is 38.9 Å². The Balaban J connectivity index is 1.43. The molecule has 5 nitrogen and oxygen atoms in total. The summed E-state index contributed by atoms with van der Waals surface area (Å²) in [7, 11) is 0. The first-order valence-corrected chi connectivity index (χ1v) is 12.0. The molecule has 0 radical (unpaired) electrons. The average molecular weight is 442 g/mol. The van der Waals surface area contributed by atoms with Gasteiger partial charge in [-0.1, -0.05) is 37.6 Å². The molecule has 1 aliphatic carbocycles. The molecule has 0 saturated carbocycles. The van der Waals surface area contributed by atoms with E-state index in [-0.39, 0.29) is 11.7 Å². The number of halogens is 1. The van der Waals surface area contributed by atoms with Gasteiger partial charge < -0.3 is 14.4 Å². The predicted molar refractivity (Wildman–Crippen MR) is 123 cm³/mol. The molecule has 1 aromatic heterocycles. The summed E-state index contributed by atoms with van der Waals surface area (Å²) in [5, 5.41) is 17.7. The van der Waals surface area contributed by atoms with E-state index in [1.807, 2.05) is 0 Å². The van der Waals surface area contributed by atoms with E-state index in [4.69, 9.17) is 4.42 Å². The van der Waals surface area contributed by atoms with Crippen molar-refractivity contribution in [2.24, 2.45) is 29.6 Å². The van der Waals surface area contributed by atoms with Gasteiger partial charge in [-0.3, -0.25) is 0 Å². The van der Waals surface area contributed by atoms with Crippen LogP contribution in [0.25, 0.3) is 11.5 Å². The minimum absolute atomic E-state index is 0.250. The largest absolute Gasteiger partial charge is 0.421 e. The molecular formula is C26H36FN3O2. The molecule has 1 N–H and O–H groups in total. The molecule has 0 bridgehead atoms. The van der Waals surface area contributed by atoms with Crippen molar-refractivity contribution < 1.29 is 13.9 Å². The summed E-state index contributed by atoms with van der Waals surface area (Å²) < 4.78 is 19.9. The van der Waals surface area contributed by atoms with Crippen molar-refractivity contribution in [2.75, 3.05) is 26.2 Å². The summed E-state index contributed by atoms with van der Waals surface area (Å²) >= 11 is 0. The van der Waals surface area contributed by atoms with Gasteiger partial charge in [0.25, 0.3) is 5.89 Å². The fourth-order valence-electron chi connectivity index (χ4n) is 5.43. The Bertz CT molecular complexity index is 917. The van der Waals surface area contributed by atoms with Crippen LogP contribution in [0.3, 0.4) is 0 Å². The monoisotopic (exact) mass is 441 g/mol. The molecule has 2 heterocycles. The van der Waals surface area contributed by atoms with Gasteiger partial charge in [-0.25, -0.2) is 4.39 Å². The number of allylic oxidation sites excluding steroid dienone is 1. The van der Waals surface area contributed by atoms with Crippen LogP contribution in [0.5, 0.6) is 0 Å². The second-order valence-corrected chi connectivity index (χ2v) is 10.0. The van der Waals surface area contributed by atoms with Gasteiger partial charge in [-0.05, 0) is 81.0 Å². The topological polar surface area (TPSA) is 62.4 Å². The van der Waals surface area contributed by atoms with Crippen molar-refractivity contribution >= 4 is 0 Å². The second-order valence-electron chi connectivity index (χ2n) is 10.0. The van der Waals surface area contributed by atoms with Crippen molar-refractivity contribution in [3.63, 3.8) is 0 Å². The number of aromatic nitrogens is 2. The number of piperidine rings is 1. The Morgan fingerprint density at radius 2 is 1.94 bits per heavy atom. The molecule has 1 aliphatic heterocycles. The Labute approximate surface area is 190 Å². The Hall–Kier alpha value is -2.05. The normalized spacial score (nSPS) is 25.3. The summed E-state index contributed by atoms with van der Waals surface area (Å²) in [5.74, 6) is 3.08. The number of likely N-dealkylation sites (tertiary alicyclic amines) is 1. The predicted octanol–water partition coefficient (Wildman–Crippen LogP) is 4.98. The first kappa shape index (κ1) is 23.1. The third-order valence-corrected chi connectivity index (χ3v) is 7.51. The molecule has 6 heteroatoms. The SMILES string of the molecule is CC1=CC(CN2CCC(CO)CC2)C(C(C)C)CC1Cc1nnc(-c2ccccc2F)o1. The van der Waals surface area contributed by atoms with Crippen LogP contribution in [-0.4, -0.2) is 46.4 Å². The van der Waals surface area contributed by atoms with Crippen LogP contribution >= 0.6 is 0 Å². The van der Waals surface area contributed by atoms with Gasteiger partial charge in [-0.15, -0.1) is 10.2 Å². The summed E-state index contributed by atoms with van der Waals surface area (Å²) in [6.45, 7) is 10.5. The third kappa shape index (κ3) is 5.29. The fraction of sp³-hybridized carbons (Fsp3) is 0.615. The van der Waals surface area contributed by atoms with E-state index in [1.165, 1.54) is 11.6 Å². The zero-order chi connectivity index (χ0) is 22.7. The smallest absolute Gasteiger partial charge is 0.250 e. The van der Waals surface area contributed by atoms with Gasteiger partial charge in [0.15, 0.2) is 0 Å². The number of rotatable bonds is 7. The number of hydrogen-bond acceptors (Lipinski definition) is 5. The van der Waals surface area contributed by atoms with Crippen molar-refractivity contribution in [3.8, 4) is 11.5 Å². The van der Waals surface area contributed by atoms with E-state index in [9.17, 15) is 9.50 Å². The van der Waals surface area contributed by atoms with Crippen LogP contribution in [0.1, 0.15) is 45.9 Å². The van der Waals surface area contributed by atoms with Crippen molar-refractivity contribution in [3.05, 3.63) is 47.6 Å². The van der Waals surface area contributed by atoms with Gasteiger partial charge in [0.2, 0.25) is 5.89 Å². The van der Waals surface area contributed by atoms with Crippen LogP contribution in [0.4, 0.5) is 4.39 Å². The van der Waals surface area contributed by atoms with Gasteiger partial charge in [0.05, 0.1) is 5.56 Å². The quantitative estimate of drug-likeness (QED) is 0.614. The highest BCUT2D eigenvalue weighted by atomic mass is 19.1. The molecule has 1 aromatic carbocycles. The molecule has 4 rings (SSSR count). The van der Waals surface area contributed by atoms with Crippen molar-refractivity contribution in [2.45, 2.75) is 46.5 Å². The van der Waals surface area contributed by atoms with Gasteiger partial charge in [0.1, 0.15) is 5.82 Å². The van der Waals surface area contributed by atoms with E-state index in [1.54, 1.807) is 18.2 Å². The molecule has 1 fully saturated rings. The average Bonchev–Trinajstić information content (AvgIpc) is 3.24. The Morgan fingerprint density at radius 1 is 1.19 bits per heavy atom. The molecule has 174 valence electrons. The highest BCUT2D eigenvalue weighted by Crippen LogP contribution is 2.39. The number of nitrogens with zero attached hydrogens (tertiary/aromatic N) is 3. The van der Waals surface area contributed by atoms with Crippen LogP contribution in [-0.2, 0) is 6.42 Å². The zero-order valence-electron chi connectivity index (χ0n) is 19.5. The maximum absolute atomic E-state index is 14.1. The lowest BCUT2D eigenvalue weighted by atomic mass is 9.69. The summed E-state index contributed by atoms with van der Waals surface area (Å²) in [5.41, 5.74) is 1.75. The maximum Gasteiger partial charge on any atom is 0.250 e. The van der Waals surface area contributed by atoms with E-state index in [2.05, 4.69) is 41.9 Å². The van der Waals surface area contributed by atoms with E-state index >= 15 is 0 Å². The summed E-state index contributed by atoms with van der Waals surface area (Å²) in [4.78, 5) is 2.58. The van der Waals surface area contributed by atoms with Crippen LogP contribution in [0, 0.1) is 35.4 Å². The number of aliphatic hydroxyl groups excluding tert-OH is 1. The standard InChI is InChI=1S/C26H36FN3O2/c1-17(2)23-13-20(14-25-28-29-26(32-25)22-6-4-5-7-24(22)27)18(3)12-21(23)15-30-10-8-19(16-31)9-11-30/h4-7,12,17,19-21,23,31H,8-11,13-16H2,1-3H3. The lowest BCUT2D eigenvalue weighted by Gasteiger charge is -2.40. The molecule has 2 aliphatic rings. The lowest BCUT2D eigenvalue weighted by Crippen LogP contribution is -2.41. The molecule has 3 atom stereocenters. The van der Waals surface area contributed by atoms with E-state index < -0.39 is 0 Å². The molecular weight excluding hydrogens is 405 g/mol. The fourth-order valence-corrected chi connectivity index (χ4v) is 5.43. The van der Waals surface area contributed by atoms with Gasteiger partial charge in [0, 0.05) is 19.6 Å². The lowest BCUT2D eigenvalue weighted by molar-refractivity contribution is 0.103. The minimum atomic E-state index is -0.345. The first-order chi connectivity index (χ1) is 15.4. The zero-order valence-corrected chi connectivity index (χ0v) is 19.5. The van der Waals surface area contributed by atoms with E-state index in [0.29, 0.717) is 54.1 Å². The Morgan fingerprint density at radius 3 is 2.62 bits per heavy atom. The van der Waals surface area contributed by atoms with Gasteiger partial charge >= 0.3 is 0 Å². The molecule has 0 amide bonds. The number of hydrogen-bond donors (Lipinski definition) is 1. The van der Waals surface area contributed by atoms with Crippen LogP contribution < -0.4 is 0 Å². The highest BCUT2D eigenvalue weighted by Gasteiger charge is 2.34. The highest BCUT2D eigenvalue weighted by molar-refractivity contribution is 5.53. The maximum atomic E-state index is 14.1. The molecule has 32 heavy (non-hydrogen) atoms. The van der Waals surface area contributed by atoms with Gasteiger partial charge in [-0.2, -0.15) is 0 Å². The number of aliphatic hydroxyl groups is 1. The molecule has 2 aromatic rings. The summed E-state index contributed by atoms with van der Waals surface area (Å²) in [6, 6.07) is 6.51.